The molecule has 0 radical (unpaired) electrons. The van der Waals surface area contributed by atoms with E-state index in [9.17, 15) is 0 Å². The standard InChI is InChI=1S/C37H22ClN3S/c38-37-40-35(25-11-5-2-6-12-25)39-36(41-37)30-16-8-15-29-32-22-27(19-20-33(32)42-34(29)30)26-18-17-24-13-7-14-28(31(24)21-26)23-9-3-1-4-10-23/h1-22H. The maximum absolute atomic E-state index is 6.40. The van der Waals surface area contributed by atoms with E-state index in [1.54, 1.807) is 11.3 Å². The number of hydrogen-bond donors (Lipinski definition) is 0. The number of halogens is 1. The maximum Gasteiger partial charge on any atom is 0.226 e. The molecule has 8 aromatic rings. The van der Waals surface area contributed by atoms with Gasteiger partial charge in [-0.2, -0.15) is 9.97 Å². The Balaban J connectivity index is 1.26. The zero-order valence-electron chi connectivity index (χ0n) is 22.3. The first-order chi connectivity index (χ1) is 20.7. The highest BCUT2D eigenvalue weighted by molar-refractivity contribution is 7.26. The van der Waals surface area contributed by atoms with Crippen molar-refractivity contribution in [2.75, 3.05) is 0 Å². The molecule has 0 fully saturated rings. The van der Waals surface area contributed by atoms with Gasteiger partial charge in [0.1, 0.15) is 0 Å². The third-order valence-electron chi connectivity index (χ3n) is 7.68. The van der Waals surface area contributed by atoms with Crippen molar-refractivity contribution in [1.82, 2.24) is 15.0 Å². The largest absolute Gasteiger partial charge is 0.226 e. The molecule has 8 rings (SSSR count). The quantitative estimate of drug-likeness (QED) is 0.209. The van der Waals surface area contributed by atoms with Gasteiger partial charge in [-0.25, -0.2) is 4.98 Å². The molecule has 2 heterocycles. The Morgan fingerprint density at radius 1 is 0.452 bits per heavy atom. The number of rotatable bonds is 4. The first kappa shape index (κ1) is 24.9. The number of nitrogens with zero attached hydrogens (tertiary/aromatic N) is 3. The van der Waals surface area contributed by atoms with Crippen LogP contribution in [0.5, 0.6) is 0 Å². The van der Waals surface area contributed by atoms with Crippen molar-refractivity contribution in [2.45, 2.75) is 0 Å². The molecule has 0 N–H and O–H groups in total. The molecule has 2 aromatic heterocycles. The fourth-order valence-electron chi connectivity index (χ4n) is 5.66. The van der Waals surface area contributed by atoms with Gasteiger partial charge < -0.3 is 0 Å². The van der Waals surface area contributed by atoms with Gasteiger partial charge in [0.05, 0.1) is 0 Å². The summed E-state index contributed by atoms with van der Waals surface area (Å²) in [4.78, 5) is 13.7. The molecule has 0 spiro atoms. The van der Waals surface area contributed by atoms with Crippen LogP contribution in [0.4, 0.5) is 0 Å². The lowest BCUT2D eigenvalue weighted by atomic mass is 9.94. The molecular weight excluding hydrogens is 554 g/mol. The van der Waals surface area contributed by atoms with E-state index in [-0.39, 0.29) is 5.28 Å². The Morgan fingerprint density at radius 3 is 1.93 bits per heavy atom. The van der Waals surface area contributed by atoms with Crippen LogP contribution in [0.2, 0.25) is 5.28 Å². The van der Waals surface area contributed by atoms with Gasteiger partial charge in [0.15, 0.2) is 11.6 Å². The minimum absolute atomic E-state index is 0.186. The third kappa shape index (κ3) is 4.33. The molecule has 0 unspecified atom stereocenters. The van der Waals surface area contributed by atoms with Crippen LogP contribution < -0.4 is 0 Å². The zero-order chi connectivity index (χ0) is 28.0. The van der Waals surface area contributed by atoms with Gasteiger partial charge in [-0.05, 0) is 68.9 Å². The molecule has 5 heteroatoms. The number of fused-ring (bicyclic) bond motifs is 4. The Hall–Kier alpha value is -4.90. The molecule has 0 bridgehead atoms. The summed E-state index contributed by atoms with van der Waals surface area (Å²) in [6.45, 7) is 0. The van der Waals surface area contributed by atoms with E-state index in [4.69, 9.17) is 16.6 Å². The summed E-state index contributed by atoms with van der Waals surface area (Å²) < 4.78 is 2.35. The predicted molar refractivity (Wildman–Crippen MR) is 177 cm³/mol. The summed E-state index contributed by atoms with van der Waals surface area (Å²) in [5.41, 5.74) is 6.71. The summed E-state index contributed by atoms with van der Waals surface area (Å²) in [7, 11) is 0. The Morgan fingerprint density at radius 2 is 1.12 bits per heavy atom. The Kier molecular flexibility index (Phi) is 6.03. The molecule has 0 saturated carbocycles. The van der Waals surface area contributed by atoms with Gasteiger partial charge >= 0.3 is 0 Å². The molecule has 42 heavy (non-hydrogen) atoms. The molecule has 198 valence electrons. The molecule has 6 aromatic carbocycles. The minimum Gasteiger partial charge on any atom is -0.208 e. The van der Waals surface area contributed by atoms with E-state index in [0.717, 1.165) is 15.8 Å². The lowest BCUT2D eigenvalue weighted by molar-refractivity contribution is 1.07. The number of aromatic nitrogens is 3. The summed E-state index contributed by atoms with van der Waals surface area (Å²) >= 11 is 8.15. The highest BCUT2D eigenvalue weighted by atomic mass is 35.5. The fourth-order valence-corrected chi connectivity index (χ4v) is 7.01. The van der Waals surface area contributed by atoms with Crippen LogP contribution in [-0.2, 0) is 0 Å². The summed E-state index contributed by atoms with van der Waals surface area (Å²) in [5.74, 6) is 1.14. The zero-order valence-corrected chi connectivity index (χ0v) is 23.9. The molecule has 3 nitrogen and oxygen atoms in total. The van der Waals surface area contributed by atoms with Gasteiger partial charge in [-0.15, -0.1) is 11.3 Å². The van der Waals surface area contributed by atoms with Crippen LogP contribution in [0.1, 0.15) is 0 Å². The van der Waals surface area contributed by atoms with E-state index in [0.29, 0.717) is 11.6 Å². The molecule has 0 atom stereocenters. The van der Waals surface area contributed by atoms with Crippen molar-refractivity contribution >= 4 is 53.9 Å². The van der Waals surface area contributed by atoms with Crippen molar-refractivity contribution in [3.8, 4) is 45.0 Å². The van der Waals surface area contributed by atoms with Gasteiger partial charge in [0.2, 0.25) is 5.28 Å². The van der Waals surface area contributed by atoms with Crippen molar-refractivity contribution in [1.29, 1.82) is 0 Å². The van der Waals surface area contributed by atoms with Crippen molar-refractivity contribution in [2.24, 2.45) is 0 Å². The first-order valence-electron chi connectivity index (χ1n) is 13.7. The fraction of sp³-hybridized carbons (Fsp3) is 0. The SMILES string of the molecule is Clc1nc(-c2ccccc2)nc(-c2cccc3c2sc2ccc(-c4ccc5cccc(-c6ccccc6)c5c4)cc23)n1. The van der Waals surface area contributed by atoms with Crippen LogP contribution in [0.15, 0.2) is 133 Å². The van der Waals surface area contributed by atoms with Crippen LogP contribution in [0.25, 0.3) is 76.0 Å². The van der Waals surface area contributed by atoms with Crippen molar-refractivity contribution in [3.05, 3.63) is 139 Å². The van der Waals surface area contributed by atoms with E-state index >= 15 is 0 Å². The van der Waals surface area contributed by atoms with Crippen LogP contribution >= 0.6 is 22.9 Å². The normalized spacial score (nSPS) is 11.5. The highest BCUT2D eigenvalue weighted by Gasteiger charge is 2.16. The third-order valence-corrected chi connectivity index (χ3v) is 9.07. The number of thiophene rings is 1. The Labute approximate surface area is 251 Å². The second kappa shape index (κ2) is 10.2. The van der Waals surface area contributed by atoms with Gasteiger partial charge in [-0.1, -0.05) is 109 Å². The van der Waals surface area contributed by atoms with E-state index in [2.05, 4.69) is 113 Å². The smallest absolute Gasteiger partial charge is 0.208 e. The van der Waals surface area contributed by atoms with E-state index in [1.165, 1.54) is 48.5 Å². The molecule has 0 saturated heterocycles. The number of benzene rings is 6. The monoisotopic (exact) mass is 575 g/mol. The van der Waals surface area contributed by atoms with Crippen molar-refractivity contribution < 1.29 is 0 Å². The molecule has 0 aliphatic carbocycles. The summed E-state index contributed by atoms with van der Waals surface area (Å²) in [5, 5.41) is 5.06. The average molecular weight is 576 g/mol. The van der Waals surface area contributed by atoms with E-state index < -0.39 is 0 Å². The topological polar surface area (TPSA) is 38.7 Å². The lowest BCUT2D eigenvalue weighted by Crippen LogP contribution is -1.97. The van der Waals surface area contributed by atoms with Crippen LogP contribution in [-0.4, -0.2) is 15.0 Å². The first-order valence-corrected chi connectivity index (χ1v) is 14.9. The number of hydrogen-bond acceptors (Lipinski definition) is 4. The second-order valence-corrected chi connectivity index (χ2v) is 11.6. The van der Waals surface area contributed by atoms with Crippen LogP contribution in [0, 0.1) is 0 Å². The average Bonchev–Trinajstić information content (AvgIpc) is 3.43. The maximum atomic E-state index is 6.40. The van der Waals surface area contributed by atoms with Gasteiger partial charge in [0.25, 0.3) is 0 Å². The van der Waals surface area contributed by atoms with E-state index in [1.807, 2.05) is 30.3 Å². The predicted octanol–water partition coefficient (Wildman–Crippen LogP) is 10.7. The lowest BCUT2D eigenvalue weighted by Gasteiger charge is -2.10. The van der Waals surface area contributed by atoms with Gasteiger partial charge in [-0.3, -0.25) is 0 Å². The van der Waals surface area contributed by atoms with Crippen LogP contribution in [0.3, 0.4) is 0 Å². The summed E-state index contributed by atoms with van der Waals surface area (Å²) in [6, 6.07) is 46.8. The molecule has 0 aliphatic heterocycles. The summed E-state index contributed by atoms with van der Waals surface area (Å²) in [6.07, 6.45) is 0. The minimum atomic E-state index is 0.186. The molecule has 0 amide bonds. The highest BCUT2D eigenvalue weighted by Crippen LogP contribution is 2.41. The Bertz CT molecular complexity index is 2260. The molecule has 0 aliphatic rings. The second-order valence-electron chi connectivity index (χ2n) is 10.2. The molecular formula is C37H22ClN3S. The van der Waals surface area contributed by atoms with Gasteiger partial charge in [0, 0.05) is 31.3 Å². The van der Waals surface area contributed by atoms with Crippen molar-refractivity contribution in [3.63, 3.8) is 0 Å².